The summed E-state index contributed by atoms with van der Waals surface area (Å²) in [6.45, 7) is 9.57. The van der Waals surface area contributed by atoms with Gasteiger partial charge >= 0.3 is 0 Å². The largest absolute Gasteiger partial charge is 0.339 e. The van der Waals surface area contributed by atoms with Gasteiger partial charge in [-0.3, -0.25) is 9.59 Å². The van der Waals surface area contributed by atoms with Crippen molar-refractivity contribution in [3.8, 4) is 0 Å². The minimum atomic E-state index is -0.754. The average molecular weight is 302 g/mol. The summed E-state index contributed by atoms with van der Waals surface area (Å²) < 4.78 is 0. The zero-order valence-electron chi connectivity index (χ0n) is 14.0. The van der Waals surface area contributed by atoms with Crippen LogP contribution in [0, 0.1) is 5.92 Å². The molecule has 2 amide bonds. The third kappa shape index (κ3) is 3.16. The summed E-state index contributed by atoms with van der Waals surface area (Å²) in [5.41, 5.74) is 0.399. The monoisotopic (exact) mass is 302 g/mol. The third-order valence-corrected chi connectivity index (χ3v) is 4.53. The van der Waals surface area contributed by atoms with E-state index >= 15 is 0 Å². The smallest absolute Gasteiger partial charge is 0.248 e. The van der Waals surface area contributed by atoms with Gasteiger partial charge in [0.25, 0.3) is 0 Å². The van der Waals surface area contributed by atoms with Crippen molar-refractivity contribution in [3.05, 3.63) is 35.9 Å². The second-order valence-electron chi connectivity index (χ2n) is 6.52. The highest BCUT2D eigenvalue weighted by molar-refractivity contribution is 5.92. The molecule has 1 aliphatic heterocycles. The minimum Gasteiger partial charge on any atom is -0.339 e. The van der Waals surface area contributed by atoms with Gasteiger partial charge in [0, 0.05) is 25.6 Å². The van der Waals surface area contributed by atoms with E-state index in [1.165, 1.54) is 0 Å². The Hall–Kier alpha value is -1.84. The predicted molar refractivity (Wildman–Crippen MR) is 87.4 cm³/mol. The van der Waals surface area contributed by atoms with E-state index in [1.54, 1.807) is 4.90 Å². The highest BCUT2D eigenvalue weighted by atomic mass is 16.2. The van der Waals surface area contributed by atoms with E-state index in [-0.39, 0.29) is 17.7 Å². The molecular weight excluding hydrogens is 276 g/mol. The zero-order chi connectivity index (χ0) is 16.3. The summed E-state index contributed by atoms with van der Waals surface area (Å²) in [5, 5.41) is 0. The first kappa shape index (κ1) is 16.5. The van der Waals surface area contributed by atoms with Crippen molar-refractivity contribution in [2.24, 2.45) is 5.92 Å². The minimum absolute atomic E-state index is 0.0431. The molecular formula is C18H26N2O2. The molecule has 120 valence electrons. The molecule has 1 aromatic carbocycles. The van der Waals surface area contributed by atoms with Crippen molar-refractivity contribution in [2.75, 3.05) is 19.6 Å². The Balaban J connectivity index is 2.10. The van der Waals surface area contributed by atoms with Crippen LogP contribution >= 0.6 is 0 Å². The number of rotatable bonds is 4. The van der Waals surface area contributed by atoms with Gasteiger partial charge in [0.1, 0.15) is 5.54 Å². The molecule has 0 N–H and O–H groups in total. The summed E-state index contributed by atoms with van der Waals surface area (Å²) >= 11 is 0. The summed E-state index contributed by atoms with van der Waals surface area (Å²) in [6.07, 6.45) is 0.706. The van der Waals surface area contributed by atoms with Gasteiger partial charge in [-0.25, -0.2) is 0 Å². The average Bonchev–Trinajstić information content (AvgIpc) is 2.50. The number of carbonyl (C=O) groups is 2. The van der Waals surface area contributed by atoms with Gasteiger partial charge in [-0.1, -0.05) is 37.3 Å². The second kappa shape index (κ2) is 6.51. The lowest BCUT2D eigenvalue weighted by molar-refractivity contribution is -0.160. The first-order valence-corrected chi connectivity index (χ1v) is 8.02. The second-order valence-corrected chi connectivity index (χ2v) is 6.52. The Labute approximate surface area is 133 Å². The number of piperazine rings is 1. The maximum atomic E-state index is 12.8. The Morgan fingerprint density at radius 3 is 2.45 bits per heavy atom. The number of carbonyl (C=O) groups excluding carboxylic acids is 2. The fourth-order valence-corrected chi connectivity index (χ4v) is 3.11. The lowest BCUT2D eigenvalue weighted by atomic mass is 9.93. The van der Waals surface area contributed by atoms with Gasteiger partial charge < -0.3 is 9.80 Å². The molecule has 0 spiro atoms. The van der Waals surface area contributed by atoms with Gasteiger partial charge in [0.15, 0.2) is 0 Å². The molecule has 1 heterocycles. The topological polar surface area (TPSA) is 40.6 Å². The van der Waals surface area contributed by atoms with Crippen LogP contribution < -0.4 is 0 Å². The Kier molecular flexibility index (Phi) is 4.89. The molecule has 4 heteroatoms. The van der Waals surface area contributed by atoms with Crippen LogP contribution in [0.1, 0.15) is 33.3 Å². The van der Waals surface area contributed by atoms with Crippen LogP contribution in [0.2, 0.25) is 0 Å². The van der Waals surface area contributed by atoms with Gasteiger partial charge in [-0.2, -0.15) is 0 Å². The molecule has 0 unspecified atom stereocenters. The molecule has 4 nitrogen and oxygen atoms in total. The Bertz CT molecular complexity index is 539. The Morgan fingerprint density at radius 2 is 1.86 bits per heavy atom. The third-order valence-electron chi connectivity index (χ3n) is 4.53. The fourth-order valence-electron chi connectivity index (χ4n) is 3.11. The van der Waals surface area contributed by atoms with Crippen molar-refractivity contribution < 1.29 is 9.59 Å². The quantitative estimate of drug-likeness (QED) is 0.856. The first-order chi connectivity index (χ1) is 10.4. The van der Waals surface area contributed by atoms with E-state index < -0.39 is 5.54 Å². The lowest BCUT2D eigenvalue weighted by Crippen LogP contribution is -2.65. The molecule has 22 heavy (non-hydrogen) atoms. The van der Waals surface area contributed by atoms with Gasteiger partial charge in [0.05, 0.1) is 0 Å². The van der Waals surface area contributed by atoms with E-state index in [0.717, 1.165) is 5.56 Å². The molecule has 0 aliphatic carbocycles. The predicted octanol–water partition coefficient (Wildman–Crippen LogP) is 2.33. The van der Waals surface area contributed by atoms with Crippen molar-refractivity contribution in [1.29, 1.82) is 0 Å². The molecule has 1 fully saturated rings. The van der Waals surface area contributed by atoms with Gasteiger partial charge in [-0.05, 0) is 32.8 Å². The van der Waals surface area contributed by atoms with Crippen molar-refractivity contribution in [1.82, 2.24) is 9.80 Å². The molecule has 0 aromatic heterocycles. The summed E-state index contributed by atoms with van der Waals surface area (Å²) in [5.74, 6) is -0.0119. The summed E-state index contributed by atoms with van der Waals surface area (Å²) in [4.78, 5) is 28.9. The van der Waals surface area contributed by atoms with Crippen LogP contribution in [0.4, 0.5) is 0 Å². The van der Waals surface area contributed by atoms with Gasteiger partial charge in [0.2, 0.25) is 11.8 Å². The molecule has 0 bridgehead atoms. The molecule has 1 aromatic rings. The fraction of sp³-hybridized carbons (Fsp3) is 0.556. The highest BCUT2D eigenvalue weighted by Crippen LogP contribution is 2.25. The number of nitrogens with zero attached hydrogens (tertiary/aromatic N) is 2. The SMILES string of the molecule is CCN1CCN(C(=O)[C@@H](C)Cc2ccccc2)C(C)(C)C1=O. The van der Waals surface area contributed by atoms with Crippen molar-refractivity contribution >= 4 is 11.8 Å². The maximum absolute atomic E-state index is 12.8. The van der Waals surface area contributed by atoms with Crippen LogP contribution in [0.5, 0.6) is 0 Å². The lowest BCUT2D eigenvalue weighted by Gasteiger charge is -2.46. The number of likely N-dealkylation sites (N-methyl/N-ethyl adjacent to an activating group) is 1. The van der Waals surface area contributed by atoms with Crippen LogP contribution in [0.15, 0.2) is 30.3 Å². The summed E-state index contributed by atoms with van der Waals surface area (Å²) in [6, 6.07) is 10.0. The molecule has 0 saturated carbocycles. The number of hydrogen-bond donors (Lipinski definition) is 0. The van der Waals surface area contributed by atoms with Crippen LogP contribution in [-0.2, 0) is 16.0 Å². The van der Waals surface area contributed by atoms with Crippen LogP contribution in [0.3, 0.4) is 0 Å². The van der Waals surface area contributed by atoms with Crippen LogP contribution in [0.25, 0.3) is 0 Å². The molecule has 1 saturated heterocycles. The molecule has 1 aliphatic rings. The highest BCUT2D eigenvalue weighted by Gasteiger charge is 2.44. The van der Waals surface area contributed by atoms with E-state index in [1.807, 2.05) is 62.9 Å². The summed E-state index contributed by atoms with van der Waals surface area (Å²) in [7, 11) is 0. The number of benzene rings is 1. The van der Waals surface area contributed by atoms with E-state index in [0.29, 0.717) is 26.1 Å². The Morgan fingerprint density at radius 1 is 1.23 bits per heavy atom. The van der Waals surface area contributed by atoms with E-state index in [4.69, 9.17) is 0 Å². The first-order valence-electron chi connectivity index (χ1n) is 8.02. The van der Waals surface area contributed by atoms with Crippen LogP contribution in [-0.4, -0.2) is 46.8 Å². The number of amides is 2. The van der Waals surface area contributed by atoms with Gasteiger partial charge in [-0.15, -0.1) is 0 Å². The molecule has 0 radical (unpaired) electrons. The van der Waals surface area contributed by atoms with E-state index in [9.17, 15) is 9.59 Å². The van der Waals surface area contributed by atoms with E-state index in [2.05, 4.69) is 0 Å². The standard InChI is InChI=1S/C18H26N2O2/c1-5-19-11-12-20(18(3,4)17(19)22)16(21)14(2)13-15-9-7-6-8-10-15/h6-10,14H,5,11-13H2,1-4H3/t14-/m0/s1. The maximum Gasteiger partial charge on any atom is 0.248 e. The van der Waals surface area contributed by atoms with Crippen molar-refractivity contribution in [2.45, 2.75) is 39.7 Å². The van der Waals surface area contributed by atoms with Crippen molar-refractivity contribution in [3.63, 3.8) is 0 Å². The molecule has 2 rings (SSSR count). The normalized spacial score (nSPS) is 19.2. The zero-order valence-corrected chi connectivity index (χ0v) is 14.0. The molecule has 1 atom stereocenters. The number of hydrogen-bond acceptors (Lipinski definition) is 2.